The zero-order valence-electron chi connectivity index (χ0n) is 15.6. The van der Waals surface area contributed by atoms with Gasteiger partial charge < -0.3 is 5.32 Å². The summed E-state index contributed by atoms with van der Waals surface area (Å²) in [5.41, 5.74) is 2.91. The molecule has 3 rings (SSSR count). The van der Waals surface area contributed by atoms with E-state index in [4.69, 9.17) is 11.6 Å². The zero-order valence-corrected chi connectivity index (χ0v) is 18.0. The molecule has 27 heavy (non-hydrogen) atoms. The molecule has 2 aromatic carbocycles. The summed E-state index contributed by atoms with van der Waals surface area (Å²) in [7, 11) is 1.89. The second-order valence-corrected chi connectivity index (χ2v) is 9.31. The third-order valence-electron chi connectivity index (χ3n) is 4.45. The van der Waals surface area contributed by atoms with Crippen LogP contribution in [0.2, 0.25) is 5.02 Å². The molecular weight excluding hydrogens is 394 g/mol. The van der Waals surface area contributed by atoms with Gasteiger partial charge in [0.15, 0.2) is 5.78 Å². The molecule has 0 bridgehead atoms. The van der Waals surface area contributed by atoms with Crippen molar-refractivity contribution in [1.29, 1.82) is 0 Å². The maximum Gasteiger partial charge on any atom is 0.179 e. The largest absolute Gasteiger partial charge is 0.382 e. The lowest BCUT2D eigenvalue weighted by atomic mass is 9.98. The predicted octanol–water partition coefficient (Wildman–Crippen LogP) is 6.05. The predicted molar refractivity (Wildman–Crippen MR) is 120 cm³/mol. The van der Waals surface area contributed by atoms with Gasteiger partial charge >= 0.3 is 0 Å². The van der Waals surface area contributed by atoms with Crippen molar-refractivity contribution in [3.05, 3.63) is 69.7 Å². The highest BCUT2D eigenvalue weighted by Gasteiger charge is 2.34. The summed E-state index contributed by atoms with van der Waals surface area (Å²) < 4.78 is 0. The summed E-state index contributed by atoms with van der Waals surface area (Å²) in [4.78, 5) is 14.4. The van der Waals surface area contributed by atoms with E-state index >= 15 is 0 Å². The van der Waals surface area contributed by atoms with Gasteiger partial charge in [-0.05, 0) is 54.0 Å². The SMILES string of the molecule is CCCCSc1cccc(C2=C(NC)SC(Cc3cccc(Cl)c3)C2=O)c1. The fraction of sp³-hybridized carbons (Fsp3) is 0.318. The molecule has 0 spiro atoms. The maximum absolute atomic E-state index is 13.2. The van der Waals surface area contributed by atoms with Crippen molar-refractivity contribution < 1.29 is 4.79 Å². The fourth-order valence-electron chi connectivity index (χ4n) is 3.07. The minimum Gasteiger partial charge on any atom is -0.382 e. The van der Waals surface area contributed by atoms with E-state index in [1.54, 1.807) is 11.8 Å². The van der Waals surface area contributed by atoms with Crippen molar-refractivity contribution in [3.8, 4) is 0 Å². The van der Waals surface area contributed by atoms with E-state index in [1.807, 2.05) is 55.2 Å². The molecule has 142 valence electrons. The highest BCUT2D eigenvalue weighted by Crippen LogP contribution is 2.40. The van der Waals surface area contributed by atoms with E-state index in [0.717, 1.165) is 27.5 Å². The molecule has 0 aliphatic carbocycles. The van der Waals surface area contributed by atoms with Gasteiger partial charge in [0.2, 0.25) is 0 Å². The highest BCUT2D eigenvalue weighted by molar-refractivity contribution is 8.05. The van der Waals surface area contributed by atoms with Crippen LogP contribution in [0.3, 0.4) is 0 Å². The van der Waals surface area contributed by atoms with Crippen LogP contribution < -0.4 is 5.32 Å². The summed E-state index contributed by atoms with van der Waals surface area (Å²) in [6.45, 7) is 2.20. The van der Waals surface area contributed by atoms with Crippen molar-refractivity contribution in [2.45, 2.75) is 36.3 Å². The Kier molecular flexibility index (Phi) is 7.33. The molecule has 1 aliphatic heterocycles. The number of hydrogen-bond donors (Lipinski definition) is 1. The first-order valence-electron chi connectivity index (χ1n) is 9.23. The van der Waals surface area contributed by atoms with E-state index in [0.29, 0.717) is 11.4 Å². The summed E-state index contributed by atoms with van der Waals surface area (Å²) in [6, 6.07) is 16.1. The smallest absolute Gasteiger partial charge is 0.179 e. The Morgan fingerprint density at radius 2 is 2.00 bits per heavy atom. The van der Waals surface area contributed by atoms with Crippen LogP contribution in [-0.4, -0.2) is 23.8 Å². The first kappa shape index (κ1) is 20.4. The average Bonchev–Trinajstić information content (AvgIpc) is 2.98. The van der Waals surface area contributed by atoms with Crippen molar-refractivity contribution in [2.75, 3.05) is 12.8 Å². The fourth-order valence-corrected chi connectivity index (χ4v) is 5.58. The molecule has 1 heterocycles. The molecule has 0 saturated carbocycles. The van der Waals surface area contributed by atoms with Crippen LogP contribution >= 0.6 is 35.1 Å². The number of carbonyl (C=O) groups is 1. The van der Waals surface area contributed by atoms with Gasteiger partial charge in [0, 0.05) is 17.0 Å². The van der Waals surface area contributed by atoms with Crippen molar-refractivity contribution in [2.24, 2.45) is 0 Å². The number of benzene rings is 2. The topological polar surface area (TPSA) is 29.1 Å². The van der Waals surface area contributed by atoms with E-state index in [-0.39, 0.29) is 11.0 Å². The van der Waals surface area contributed by atoms with Gasteiger partial charge in [-0.1, -0.05) is 61.0 Å². The number of Topliss-reactive ketones (excluding diaryl/α,β-unsaturated/α-hetero) is 1. The molecule has 2 nitrogen and oxygen atoms in total. The molecule has 0 radical (unpaired) electrons. The monoisotopic (exact) mass is 417 g/mol. The lowest BCUT2D eigenvalue weighted by Gasteiger charge is -2.09. The third kappa shape index (κ3) is 5.13. The standard InChI is InChI=1S/C22H24ClNOS2/c1-3-4-11-26-18-10-6-8-16(14-18)20-21(25)19(27-22(20)24-2)13-15-7-5-9-17(23)12-15/h5-10,12,14,19,24H,3-4,11,13H2,1-2H3. The van der Waals surface area contributed by atoms with E-state index < -0.39 is 0 Å². The number of allylic oxidation sites excluding steroid dienone is 1. The molecular formula is C22H24ClNOS2. The Labute approximate surface area is 175 Å². The number of thioether (sulfide) groups is 2. The number of unbranched alkanes of at least 4 members (excludes halogenated alkanes) is 1. The summed E-state index contributed by atoms with van der Waals surface area (Å²) in [6.07, 6.45) is 3.08. The van der Waals surface area contributed by atoms with Crippen LogP contribution in [0.4, 0.5) is 0 Å². The molecule has 0 saturated heterocycles. The maximum atomic E-state index is 13.2. The number of nitrogens with one attached hydrogen (secondary N) is 1. The minimum absolute atomic E-state index is 0.114. The molecule has 1 atom stereocenters. The molecule has 5 heteroatoms. The summed E-state index contributed by atoms with van der Waals surface area (Å²) in [5, 5.41) is 4.79. The second kappa shape index (κ2) is 9.72. The van der Waals surface area contributed by atoms with Crippen LogP contribution in [-0.2, 0) is 11.2 Å². The van der Waals surface area contributed by atoms with Crippen LogP contribution in [0, 0.1) is 0 Å². The van der Waals surface area contributed by atoms with Gasteiger partial charge in [0.1, 0.15) is 0 Å². The van der Waals surface area contributed by atoms with Crippen LogP contribution in [0.5, 0.6) is 0 Å². The lowest BCUT2D eigenvalue weighted by molar-refractivity contribution is -0.113. The zero-order chi connectivity index (χ0) is 19.2. The van der Waals surface area contributed by atoms with Gasteiger partial charge in [-0.2, -0.15) is 0 Å². The van der Waals surface area contributed by atoms with E-state index in [1.165, 1.54) is 17.7 Å². The molecule has 1 N–H and O–H groups in total. The number of rotatable bonds is 8. The van der Waals surface area contributed by atoms with E-state index in [9.17, 15) is 4.79 Å². The number of hydrogen-bond acceptors (Lipinski definition) is 4. The summed E-state index contributed by atoms with van der Waals surface area (Å²) in [5.74, 6) is 1.30. The molecule has 0 fully saturated rings. The molecule has 2 aromatic rings. The van der Waals surface area contributed by atoms with Crippen LogP contribution in [0.15, 0.2) is 58.5 Å². The highest BCUT2D eigenvalue weighted by atomic mass is 35.5. The molecule has 1 unspecified atom stereocenters. The summed E-state index contributed by atoms with van der Waals surface area (Å²) >= 11 is 9.58. The lowest BCUT2D eigenvalue weighted by Crippen LogP contribution is -2.16. The number of carbonyl (C=O) groups excluding carboxylic acids is 1. The Morgan fingerprint density at radius 3 is 2.74 bits per heavy atom. The Bertz CT molecular complexity index is 850. The Balaban J connectivity index is 1.79. The average molecular weight is 418 g/mol. The van der Waals surface area contributed by atoms with Gasteiger partial charge in [-0.25, -0.2) is 0 Å². The molecule has 1 aliphatic rings. The second-order valence-electron chi connectivity index (χ2n) is 6.49. The number of ketones is 1. The van der Waals surface area contributed by atoms with Crippen molar-refractivity contribution in [3.63, 3.8) is 0 Å². The van der Waals surface area contributed by atoms with Gasteiger partial charge in [0.25, 0.3) is 0 Å². The minimum atomic E-state index is -0.114. The van der Waals surface area contributed by atoms with Crippen LogP contribution in [0.1, 0.15) is 30.9 Å². The number of halogens is 1. The molecule has 0 amide bonds. The van der Waals surface area contributed by atoms with E-state index in [2.05, 4.69) is 24.4 Å². The van der Waals surface area contributed by atoms with Crippen molar-refractivity contribution >= 4 is 46.5 Å². The Morgan fingerprint density at radius 1 is 1.19 bits per heavy atom. The van der Waals surface area contributed by atoms with Gasteiger partial charge in [-0.15, -0.1) is 11.8 Å². The Hall–Kier alpha value is -1.36. The van der Waals surface area contributed by atoms with Gasteiger partial charge in [-0.3, -0.25) is 4.79 Å². The van der Waals surface area contributed by atoms with Crippen LogP contribution in [0.25, 0.3) is 5.57 Å². The quantitative estimate of drug-likeness (QED) is 0.418. The molecule has 0 aromatic heterocycles. The van der Waals surface area contributed by atoms with Crippen molar-refractivity contribution in [1.82, 2.24) is 5.32 Å². The first-order chi connectivity index (χ1) is 13.1. The van der Waals surface area contributed by atoms with Gasteiger partial charge in [0.05, 0.1) is 15.9 Å². The first-order valence-corrected chi connectivity index (χ1v) is 11.5. The third-order valence-corrected chi connectivity index (χ3v) is 7.08. The normalized spacial score (nSPS) is 16.9.